The molecule has 0 bridgehead atoms. The first-order chi connectivity index (χ1) is 9.95. The zero-order valence-corrected chi connectivity index (χ0v) is 12.5. The first-order valence-corrected chi connectivity index (χ1v) is 7.10. The Labute approximate surface area is 124 Å². The molecule has 0 aromatic heterocycles. The zero-order valence-electron chi connectivity index (χ0n) is 12.5. The number of nitrogens with zero attached hydrogens (tertiary/aromatic N) is 1. The Hall–Kier alpha value is -2.08. The second kappa shape index (κ2) is 6.58. The van der Waals surface area contributed by atoms with Crippen molar-refractivity contribution in [3.8, 4) is 0 Å². The fourth-order valence-corrected chi connectivity index (χ4v) is 2.62. The van der Waals surface area contributed by atoms with Crippen LogP contribution in [0, 0.1) is 6.92 Å². The number of hydrogen-bond donors (Lipinski definition) is 3. The minimum atomic E-state index is -0.0838. The third kappa shape index (κ3) is 4.19. The van der Waals surface area contributed by atoms with E-state index in [4.69, 9.17) is 5.73 Å². The van der Waals surface area contributed by atoms with E-state index >= 15 is 0 Å². The first-order valence-electron chi connectivity index (χ1n) is 7.10. The lowest BCUT2D eigenvalue weighted by Gasteiger charge is -2.17. The summed E-state index contributed by atoms with van der Waals surface area (Å²) in [6.07, 6.45) is 0.874. The van der Waals surface area contributed by atoms with Crippen LogP contribution in [0.1, 0.15) is 18.9 Å². The van der Waals surface area contributed by atoms with Gasteiger partial charge < -0.3 is 16.4 Å². The Morgan fingerprint density at radius 1 is 1.43 bits per heavy atom. The number of rotatable bonds is 4. The van der Waals surface area contributed by atoms with Crippen LogP contribution in [0.2, 0.25) is 0 Å². The maximum atomic E-state index is 12.1. The number of benzene rings is 1. The quantitative estimate of drug-likeness (QED) is 0.713. The largest absolute Gasteiger partial charge is 0.397 e. The third-order valence-electron chi connectivity index (χ3n) is 3.62. The molecule has 114 valence electrons. The molecule has 1 atom stereocenters. The third-order valence-corrected chi connectivity index (χ3v) is 3.62. The number of likely N-dealkylation sites (tertiary alicyclic amines) is 1. The van der Waals surface area contributed by atoms with E-state index in [9.17, 15) is 9.59 Å². The van der Waals surface area contributed by atoms with Crippen molar-refractivity contribution in [2.45, 2.75) is 26.3 Å². The molecule has 1 aromatic rings. The van der Waals surface area contributed by atoms with Crippen LogP contribution in [-0.2, 0) is 9.59 Å². The maximum Gasteiger partial charge on any atom is 0.238 e. The Kier molecular flexibility index (Phi) is 4.80. The van der Waals surface area contributed by atoms with E-state index < -0.39 is 0 Å². The Morgan fingerprint density at radius 2 is 2.19 bits per heavy atom. The number of aryl methyl sites for hydroxylation is 1. The maximum absolute atomic E-state index is 12.1. The first kappa shape index (κ1) is 15.3. The lowest BCUT2D eigenvalue weighted by atomic mass is 10.1. The SMILES string of the molecule is CC(=O)NC1CCN(CC(=O)Nc2c(C)cccc2N)C1. The van der Waals surface area contributed by atoms with Crippen LogP contribution < -0.4 is 16.4 Å². The van der Waals surface area contributed by atoms with Crippen molar-refractivity contribution in [2.24, 2.45) is 0 Å². The van der Waals surface area contributed by atoms with E-state index in [-0.39, 0.29) is 17.9 Å². The van der Waals surface area contributed by atoms with Gasteiger partial charge in [-0.05, 0) is 25.0 Å². The Bertz CT molecular complexity index is 524. The summed E-state index contributed by atoms with van der Waals surface area (Å²) >= 11 is 0. The standard InChI is InChI=1S/C15H22N4O2/c1-10-4-3-5-13(16)15(10)18-14(21)9-19-7-6-12(8-19)17-11(2)20/h3-5,12H,6-9,16H2,1-2H3,(H,17,20)(H,18,21). The number of nitrogens with one attached hydrogen (secondary N) is 2. The van der Waals surface area contributed by atoms with E-state index in [2.05, 4.69) is 10.6 Å². The molecule has 0 radical (unpaired) electrons. The number of amides is 2. The molecule has 1 heterocycles. The highest BCUT2D eigenvalue weighted by Crippen LogP contribution is 2.22. The highest BCUT2D eigenvalue weighted by atomic mass is 16.2. The van der Waals surface area contributed by atoms with E-state index in [1.54, 1.807) is 6.07 Å². The van der Waals surface area contributed by atoms with Gasteiger partial charge in [-0.25, -0.2) is 0 Å². The average molecular weight is 290 g/mol. The molecule has 2 rings (SSSR count). The normalized spacial score (nSPS) is 18.5. The Balaban J connectivity index is 1.87. The van der Waals surface area contributed by atoms with Gasteiger partial charge in [0.05, 0.1) is 17.9 Å². The van der Waals surface area contributed by atoms with Gasteiger partial charge in [-0.1, -0.05) is 12.1 Å². The van der Waals surface area contributed by atoms with Crippen molar-refractivity contribution < 1.29 is 9.59 Å². The zero-order chi connectivity index (χ0) is 15.4. The Morgan fingerprint density at radius 3 is 2.86 bits per heavy atom. The summed E-state index contributed by atoms with van der Waals surface area (Å²) in [6, 6.07) is 5.68. The fraction of sp³-hybridized carbons (Fsp3) is 0.467. The van der Waals surface area contributed by atoms with Gasteiger partial charge in [-0.15, -0.1) is 0 Å². The van der Waals surface area contributed by atoms with Crippen LogP contribution >= 0.6 is 0 Å². The minimum Gasteiger partial charge on any atom is -0.397 e. The summed E-state index contributed by atoms with van der Waals surface area (Å²) in [7, 11) is 0. The van der Waals surface area contributed by atoms with E-state index in [1.165, 1.54) is 6.92 Å². The van der Waals surface area contributed by atoms with E-state index in [0.717, 1.165) is 18.5 Å². The smallest absolute Gasteiger partial charge is 0.238 e. The molecule has 6 nitrogen and oxygen atoms in total. The molecule has 0 saturated carbocycles. The second-order valence-corrected chi connectivity index (χ2v) is 5.51. The number of nitrogens with two attached hydrogens (primary N) is 1. The molecule has 1 unspecified atom stereocenters. The summed E-state index contributed by atoms with van der Waals surface area (Å²) in [5.41, 5.74) is 8.08. The van der Waals surface area contributed by atoms with Gasteiger partial charge in [0.1, 0.15) is 0 Å². The highest BCUT2D eigenvalue weighted by molar-refractivity contribution is 5.96. The molecule has 0 spiro atoms. The molecule has 1 aromatic carbocycles. The van der Waals surface area contributed by atoms with Crippen LogP contribution in [-0.4, -0.2) is 42.4 Å². The van der Waals surface area contributed by atoms with Crippen LogP contribution in [0.25, 0.3) is 0 Å². The van der Waals surface area contributed by atoms with Gasteiger partial charge in [-0.2, -0.15) is 0 Å². The lowest BCUT2D eigenvalue weighted by Crippen LogP contribution is -2.37. The van der Waals surface area contributed by atoms with Crippen molar-refractivity contribution in [3.05, 3.63) is 23.8 Å². The monoisotopic (exact) mass is 290 g/mol. The van der Waals surface area contributed by atoms with Gasteiger partial charge in [0.15, 0.2) is 0 Å². The molecule has 6 heteroatoms. The van der Waals surface area contributed by atoms with Crippen LogP contribution in [0.4, 0.5) is 11.4 Å². The molecule has 1 saturated heterocycles. The topological polar surface area (TPSA) is 87.5 Å². The number of nitrogen functional groups attached to an aromatic ring is 1. The van der Waals surface area contributed by atoms with Crippen molar-refractivity contribution in [1.82, 2.24) is 10.2 Å². The molecular formula is C15H22N4O2. The van der Waals surface area contributed by atoms with E-state index in [0.29, 0.717) is 24.5 Å². The van der Waals surface area contributed by atoms with Gasteiger partial charge in [0.25, 0.3) is 0 Å². The number of anilines is 2. The van der Waals surface area contributed by atoms with Crippen LogP contribution in [0.3, 0.4) is 0 Å². The van der Waals surface area contributed by atoms with Crippen molar-refractivity contribution in [1.29, 1.82) is 0 Å². The summed E-state index contributed by atoms with van der Waals surface area (Å²) in [5, 5.41) is 5.75. The van der Waals surface area contributed by atoms with Gasteiger partial charge in [0, 0.05) is 26.1 Å². The van der Waals surface area contributed by atoms with Crippen molar-refractivity contribution in [3.63, 3.8) is 0 Å². The fourth-order valence-electron chi connectivity index (χ4n) is 2.62. The minimum absolute atomic E-state index is 0.0287. The molecule has 1 fully saturated rings. The van der Waals surface area contributed by atoms with Gasteiger partial charge in [0.2, 0.25) is 11.8 Å². The molecule has 2 amide bonds. The van der Waals surface area contributed by atoms with Crippen LogP contribution in [0.5, 0.6) is 0 Å². The predicted octanol–water partition coefficient (Wildman–Crippen LogP) is 0.726. The average Bonchev–Trinajstić information content (AvgIpc) is 2.80. The summed E-state index contributed by atoms with van der Waals surface area (Å²) in [4.78, 5) is 25.2. The second-order valence-electron chi connectivity index (χ2n) is 5.51. The van der Waals surface area contributed by atoms with Crippen LogP contribution in [0.15, 0.2) is 18.2 Å². The number of carbonyl (C=O) groups excluding carboxylic acids is 2. The highest BCUT2D eigenvalue weighted by Gasteiger charge is 2.24. The van der Waals surface area contributed by atoms with Crippen molar-refractivity contribution >= 4 is 23.2 Å². The number of hydrogen-bond acceptors (Lipinski definition) is 4. The molecule has 4 N–H and O–H groups in total. The summed E-state index contributed by atoms with van der Waals surface area (Å²) < 4.78 is 0. The van der Waals surface area contributed by atoms with E-state index in [1.807, 2.05) is 24.0 Å². The molecular weight excluding hydrogens is 268 g/mol. The van der Waals surface area contributed by atoms with Gasteiger partial charge in [-0.3, -0.25) is 14.5 Å². The number of para-hydroxylation sites is 1. The molecule has 1 aliphatic heterocycles. The molecule has 21 heavy (non-hydrogen) atoms. The number of carbonyl (C=O) groups is 2. The summed E-state index contributed by atoms with van der Waals surface area (Å²) in [5.74, 6) is -0.113. The molecule has 0 aliphatic carbocycles. The van der Waals surface area contributed by atoms with Gasteiger partial charge >= 0.3 is 0 Å². The summed E-state index contributed by atoms with van der Waals surface area (Å²) in [6.45, 7) is 5.24. The van der Waals surface area contributed by atoms with Crippen molar-refractivity contribution in [2.75, 3.05) is 30.7 Å². The predicted molar refractivity (Wildman–Crippen MR) is 82.9 cm³/mol. The lowest BCUT2D eigenvalue weighted by molar-refractivity contribution is -0.119. The molecule has 1 aliphatic rings.